The number of hydrogen-bond donors (Lipinski definition) is 1. The second-order valence-electron chi connectivity index (χ2n) is 5.16. The highest BCUT2D eigenvalue weighted by atomic mass is 19.1. The third-order valence-corrected chi connectivity index (χ3v) is 3.48. The number of halogens is 1. The zero-order valence-electron chi connectivity index (χ0n) is 11.2. The molecule has 100 valence electrons. The van der Waals surface area contributed by atoms with E-state index in [4.69, 9.17) is 0 Å². The Morgan fingerprint density at radius 1 is 1.44 bits per heavy atom. The average Bonchev–Trinajstić information content (AvgIpc) is 2.82. The van der Waals surface area contributed by atoms with Crippen LogP contribution in [0.4, 0.5) is 4.39 Å². The van der Waals surface area contributed by atoms with Crippen LogP contribution in [0.15, 0.2) is 24.3 Å². The maximum atomic E-state index is 13.2. The molecule has 2 rings (SSSR count). The zero-order valence-corrected chi connectivity index (χ0v) is 11.2. The molecule has 1 atom stereocenters. The quantitative estimate of drug-likeness (QED) is 0.835. The van der Waals surface area contributed by atoms with Crippen molar-refractivity contribution >= 4 is 0 Å². The van der Waals surface area contributed by atoms with E-state index in [0.29, 0.717) is 6.04 Å². The molecule has 0 spiro atoms. The van der Waals surface area contributed by atoms with E-state index in [2.05, 4.69) is 17.1 Å². The van der Waals surface area contributed by atoms with Crippen molar-refractivity contribution in [2.75, 3.05) is 19.6 Å². The highest BCUT2D eigenvalue weighted by molar-refractivity contribution is 5.16. The predicted molar refractivity (Wildman–Crippen MR) is 73.0 cm³/mol. The fourth-order valence-electron chi connectivity index (χ4n) is 2.67. The molecule has 0 radical (unpaired) electrons. The van der Waals surface area contributed by atoms with Crippen molar-refractivity contribution in [1.29, 1.82) is 0 Å². The van der Waals surface area contributed by atoms with Gasteiger partial charge in [0.1, 0.15) is 5.82 Å². The maximum Gasteiger partial charge on any atom is 0.123 e. The van der Waals surface area contributed by atoms with Crippen LogP contribution in [-0.4, -0.2) is 30.6 Å². The van der Waals surface area contributed by atoms with Crippen LogP contribution < -0.4 is 5.32 Å². The van der Waals surface area contributed by atoms with Gasteiger partial charge in [0.2, 0.25) is 0 Å². The average molecular weight is 250 g/mol. The molecule has 0 aliphatic carbocycles. The van der Waals surface area contributed by atoms with Gasteiger partial charge in [-0.15, -0.1) is 0 Å². The van der Waals surface area contributed by atoms with Crippen molar-refractivity contribution in [2.24, 2.45) is 0 Å². The molecule has 0 saturated carbocycles. The smallest absolute Gasteiger partial charge is 0.123 e. The van der Waals surface area contributed by atoms with Crippen molar-refractivity contribution in [3.63, 3.8) is 0 Å². The standard InChI is InChI=1S/C15H23FN2/c1-2-9-18(12-15-7-4-8-17-15)11-13-5-3-6-14(16)10-13/h3,5-6,10,15,17H,2,4,7-9,11-12H2,1H3. The first-order chi connectivity index (χ1) is 8.78. The second-order valence-corrected chi connectivity index (χ2v) is 5.16. The summed E-state index contributed by atoms with van der Waals surface area (Å²) in [5.41, 5.74) is 1.07. The SMILES string of the molecule is CCCN(Cc1cccc(F)c1)CC1CCCN1. The van der Waals surface area contributed by atoms with Crippen LogP contribution in [0.5, 0.6) is 0 Å². The van der Waals surface area contributed by atoms with Crippen LogP contribution in [0, 0.1) is 5.82 Å². The van der Waals surface area contributed by atoms with Gasteiger partial charge in [-0.05, 0) is 50.0 Å². The first-order valence-corrected chi connectivity index (χ1v) is 6.98. The molecular formula is C15H23FN2. The molecule has 1 unspecified atom stereocenters. The molecular weight excluding hydrogens is 227 g/mol. The minimum atomic E-state index is -0.136. The van der Waals surface area contributed by atoms with Gasteiger partial charge < -0.3 is 5.32 Å². The lowest BCUT2D eigenvalue weighted by Gasteiger charge is -2.25. The molecule has 1 aromatic rings. The summed E-state index contributed by atoms with van der Waals surface area (Å²) in [6.07, 6.45) is 3.69. The number of nitrogens with zero attached hydrogens (tertiary/aromatic N) is 1. The van der Waals surface area contributed by atoms with Crippen LogP contribution in [0.2, 0.25) is 0 Å². The fraction of sp³-hybridized carbons (Fsp3) is 0.600. The lowest BCUT2D eigenvalue weighted by Crippen LogP contribution is -2.37. The van der Waals surface area contributed by atoms with E-state index in [1.807, 2.05) is 6.07 Å². The van der Waals surface area contributed by atoms with Gasteiger partial charge in [0.05, 0.1) is 0 Å². The van der Waals surface area contributed by atoms with E-state index in [0.717, 1.165) is 38.2 Å². The summed E-state index contributed by atoms with van der Waals surface area (Å²) in [6, 6.07) is 7.57. The van der Waals surface area contributed by atoms with Gasteiger partial charge in [-0.1, -0.05) is 19.1 Å². The zero-order chi connectivity index (χ0) is 12.8. The predicted octanol–water partition coefficient (Wildman–Crippen LogP) is 2.79. The summed E-state index contributed by atoms with van der Waals surface area (Å²) in [7, 11) is 0. The van der Waals surface area contributed by atoms with Gasteiger partial charge in [-0.25, -0.2) is 4.39 Å². The molecule has 1 heterocycles. The molecule has 0 aromatic heterocycles. The van der Waals surface area contributed by atoms with Gasteiger partial charge in [0.25, 0.3) is 0 Å². The number of benzene rings is 1. The van der Waals surface area contributed by atoms with E-state index >= 15 is 0 Å². The largest absolute Gasteiger partial charge is 0.313 e. The summed E-state index contributed by atoms with van der Waals surface area (Å²) in [4.78, 5) is 2.43. The minimum absolute atomic E-state index is 0.136. The summed E-state index contributed by atoms with van der Waals surface area (Å²) >= 11 is 0. The van der Waals surface area contributed by atoms with Crippen LogP contribution in [-0.2, 0) is 6.54 Å². The molecule has 1 aliphatic rings. The Kier molecular flexibility index (Phi) is 5.14. The van der Waals surface area contributed by atoms with Crippen molar-refractivity contribution in [3.8, 4) is 0 Å². The summed E-state index contributed by atoms with van der Waals surface area (Å²) in [5, 5.41) is 3.53. The number of hydrogen-bond acceptors (Lipinski definition) is 2. The number of rotatable bonds is 6. The Hall–Kier alpha value is -0.930. The molecule has 0 bridgehead atoms. The van der Waals surface area contributed by atoms with Gasteiger partial charge in [0.15, 0.2) is 0 Å². The Balaban J connectivity index is 1.92. The van der Waals surface area contributed by atoms with Crippen molar-refractivity contribution in [1.82, 2.24) is 10.2 Å². The van der Waals surface area contributed by atoms with Crippen LogP contribution >= 0.6 is 0 Å². The van der Waals surface area contributed by atoms with Crippen LogP contribution in [0.3, 0.4) is 0 Å². The van der Waals surface area contributed by atoms with Crippen molar-refractivity contribution < 1.29 is 4.39 Å². The summed E-state index contributed by atoms with van der Waals surface area (Å²) in [6.45, 7) is 6.34. The highest BCUT2D eigenvalue weighted by Crippen LogP contribution is 2.12. The van der Waals surface area contributed by atoms with E-state index in [1.165, 1.54) is 18.9 Å². The molecule has 0 amide bonds. The van der Waals surface area contributed by atoms with Gasteiger partial charge >= 0.3 is 0 Å². The second kappa shape index (κ2) is 6.86. The van der Waals surface area contributed by atoms with Crippen LogP contribution in [0.1, 0.15) is 31.7 Å². The molecule has 18 heavy (non-hydrogen) atoms. The van der Waals surface area contributed by atoms with E-state index in [1.54, 1.807) is 12.1 Å². The Labute approximate surface area is 109 Å². The van der Waals surface area contributed by atoms with Crippen LogP contribution in [0.25, 0.3) is 0 Å². The lowest BCUT2D eigenvalue weighted by molar-refractivity contribution is 0.241. The molecule has 2 nitrogen and oxygen atoms in total. The Bertz CT molecular complexity index is 361. The van der Waals surface area contributed by atoms with Crippen molar-refractivity contribution in [3.05, 3.63) is 35.6 Å². The molecule has 1 aliphatic heterocycles. The normalized spacial score (nSPS) is 19.6. The first-order valence-electron chi connectivity index (χ1n) is 6.98. The van der Waals surface area contributed by atoms with Gasteiger partial charge in [-0.2, -0.15) is 0 Å². The van der Waals surface area contributed by atoms with Gasteiger partial charge in [-0.3, -0.25) is 4.90 Å². The molecule has 1 aromatic carbocycles. The molecule has 3 heteroatoms. The first kappa shape index (κ1) is 13.5. The maximum absolute atomic E-state index is 13.2. The highest BCUT2D eigenvalue weighted by Gasteiger charge is 2.17. The fourth-order valence-corrected chi connectivity index (χ4v) is 2.67. The Morgan fingerprint density at radius 2 is 2.33 bits per heavy atom. The minimum Gasteiger partial charge on any atom is -0.313 e. The van der Waals surface area contributed by atoms with E-state index < -0.39 is 0 Å². The summed E-state index contributed by atoms with van der Waals surface area (Å²) in [5.74, 6) is -0.136. The Morgan fingerprint density at radius 3 is 3.00 bits per heavy atom. The lowest BCUT2D eigenvalue weighted by atomic mass is 10.1. The molecule has 1 saturated heterocycles. The topological polar surface area (TPSA) is 15.3 Å². The molecule has 1 fully saturated rings. The monoisotopic (exact) mass is 250 g/mol. The van der Waals surface area contributed by atoms with Gasteiger partial charge in [0, 0.05) is 19.1 Å². The third kappa shape index (κ3) is 4.07. The van der Waals surface area contributed by atoms with E-state index in [-0.39, 0.29) is 5.82 Å². The van der Waals surface area contributed by atoms with E-state index in [9.17, 15) is 4.39 Å². The van der Waals surface area contributed by atoms with Crippen molar-refractivity contribution in [2.45, 2.75) is 38.8 Å². The summed E-state index contributed by atoms with van der Waals surface area (Å²) < 4.78 is 13.2. The number of nitrogens with one attached hydrogen (secondary N) is 1. The third-order valence-electron chi connectivity index (χ3n) is 3.48. The molecule has 1 N–H and O–H groups in total.